The first-order valence-corrected chi connectivity index (χ1v) is 2.57. The van der Waals surface area contributed by atoms with Crippen LogP contribution in [0.4, 0.5) is 0 Å². The highest BCUT2D eigenvalue weighted by Crippen LogP contribution is 1.90. The molecule has 0 fully saturated rings. The Balaban J connectivity index is 3.33. The molecule has 0 amide bonds. The van der Waals surface area contributed by atoms with Gasteiger partial charge < -0.3 is 10.2 Å². The van der Waals surface area contributed by atoms with E-state index in [1.165, 1.54) is 0 Å². The summed E-state index contributed by atoms with van der Waals surface area (Å²) in [5.41, 5.74) is 0. The quantitative estimate of drug-likeness (QED) is 0.499. The number of hydrogen-bond acceptors (Lipinski definition) is 3. The second kappa shape index (κ2) is 3.57. The standard InChI is InChI=1S/C5H10O3/c1-2-3-4(6)5(7)8/h5,7-8H,2-3H2,1H3. The molecule has 3 nitrogen and oxygen atoms in total. The van der Waals surface area contributed by atoms with Gasteiger partial charge in [-0.25, -0.2) is 0 Å². The van der Waals surface area contributed by atoms with E-state index in [9.17, 15) is 4.79 Å². The van der Waals surface area contributed by atoms with Crippen LogP contribution < -0.4 is 0 Å². The summed E-state index contributed by atoms with van der Waals surface area (Å²) < 4.78 is 0. The molecule has 0 saturated carbocycles. The first-order valence-electron chi connectivity index (χ1n) is 2.57. The molecular weight excluding hydrogens is 108 g/mol. The Hall–Kier alpha value is -0.410. The van der Waals surface area contributed by atoms with Crippen LogP contribution in [0.1, 0.15) is 19.8 Å². The van der Waals surface area contributed by atoms with Gasteiger partial charge in [-0.15, -0.1) is 0 Å². The van der Waals surface area contributed by atoms with E-state index in [1.807, 2.05) is 0 Å². The maximum absolute atomic E-state index is 10.2. The smallest absolute Gasteiger partial charge is 0.212 e. The van der Waals surface area contributed by atoms with Gasteiger partial charge in [0.15, 0.2) is 5.78 Å². The number of ketones is 1. The number of carbonyl (C=O) groups is 1. The zero-order chi connectivity index (χ0) is 6.57. The Morgan fingerprint density at radius 3 is 2.25 bits per heavy atom. The normalized spacial score (nSPS) is 10.0. The molecule has 0 heterocycles. The van der Waals surface area contributed by atoms with Gasteiger partial charge in [-0.3, -0.25) is 4.79 Å². The maximum atomic E-state index is 10.2. The molecule has 0 aliphatic carbocycles. The van der Waals surface area contributed by atoms with Crippen LogP contribution in [0.25, 0.3) is 0 Å². The fraction of sp³-hybridized carbons (Fsp3) is 0.800. The van der Waals surface area contributed by atoms with Crippen LogP contribution >= 0.6 is 0 Å². The van der Waals surface area contributed by atoms with Gasteiger partial charge in [0.25, 0.3) is 0 Å². The number of aliphatic hydroxyl groups is 2. The van der Waals surface area contributed by atoms with E-state index in [4.69, 9.17) is 10.2 Å². The number of aliphatic hydroxyl groups excluding tert-OH is 1. The van der Waals surface area contributed by atoms with Crippen LogP contribution in [0.2, 0.25) is 0 Å². The van der Waals surface area contributed by atoms with Gasteiger partial charge in [-0.05, 0) is 6.42 Å². The van der Waals surface area contributed by atoms with Crippen LogP contribution in [0.3, 0.4) is 0 Å². The van der Waals surface area contributed by atoms with Gasteiger partial charge in [0.1, 0.15) is 0 Å². The SMILES string of the molecule is CCCC(=O)C(O)O. The first-order chi connectivity index (χ1) is 3.68. The van der Waals surface area contributed by atoms with Crippen molar-refractivity contribution in [2.45, 2.75) is 26.1 Å². The third kappa shape index (κ3) is 2.71. The molecule has 0 aliphatic rings. The number of rotatable bonds is 3. The van der Waals surface area contributed by atoms with E-state index in [0.29, 0.717) is 6.42 Å². The van der Waals surface area contributed by atoms with E-state index in [-0.39, 0.29) is 6.42 Å². The van der Waals surface area contributed by atoms with Crippen molar-refractivity contribution in [1.82, 2.24) is 0 Å². The molecule has 0 aromatic rings. The zero-order valence-electron chi connectivity index (χ0n) is 4.79. The summed E-state index contributed by atoms with van der Waals surface area (Å²) in [7, 11) is 0. The lowest BCUT2D eigenvalue weighted by Crippen LogP contribution is -2.18. The van der Waals surface area contributed by atoms with Crippen LogP contribution in [0.5, 0.6) is 0 Å². The highest BCUT2D eigenvalue weighted by atomic mass is 16.5. The van der Waals surface area contributed by atoms with Crippen LogP contribution in [-0.4, -0.2) is 22.3 Å². The summed E-state index contributed by atoms with van der Waals surface area (Å²) in [5.74, 6) is -0.507. The van der Waals surface area contributed by atoms with Crippen molar-refractivity contribution < 1.29 is 15.0 Å². The summed E-state index contributed by atoms with van der Waals surface area (Å²) in [4.78, 5) is 10.2. The molecule has 3 heteroatoms. The molecule has 48 valence electrons. The molecular formula is C5H10O3. The van der Waals surface area contributed by atoms with Gasteiger partial charge in [0.2, 0.25) is 6.29 Å². The Bertz CT molecular complexity index is 77.7. The van der Waals surface area contributed by atoms with Gasteiger partial charge in [-0.2, -0.15) is 0 Å². The third-order valence-electron chi connectivity index (χ3n) is 0.784. The van der Waals surface area contributed by atoms with Crippen molar-refractivity contribution in [1.29, 1.82) is 0 Å². The lowest BCUT2D eigenvalue weighted by Gasteiger charge is -1.97. The maximum Gasteiger partial charge on any atom is 0.212 e. The molecule has 0 unspecified atom stereocenters. The van der Waals surface area contributed by atoms with E-state index in [0.717, 1.165) is 0 Å². The molecule has 0 atom stereocenters. The summed E-state index contributed by atoms with van der Waals surface area (Å²) >= 11 is 0. The molecule has 0 bridgehead atoms. The Kier molecular flexibility index (Phi) is 3.39. The number of hydrogen-bond donors (Lipinski definition) is 2. The second-order valence-electron chi connectivity index (χ2n) is 1.59. The van der Waals surface area contributed by atoms with Crippen molar-refractivity contribution >= 4 is 5.78 Å². The largest absolute Gasteiger partial charge is 0.362 e. The minimum atomic E-state index is -1.77. The van der Waals surface area contributed by atoms with Crippen molar-refractivity contribution in [2.75, 3.05) is 0 Å². The van der Waals surface area contributed by atoms with Crippen molar-refractivity contribution in [3.63, 3.8) is 0 Å². The molecule has 0 rings (SSSR count). The zero-order valence-corrected chi connectivity index (χ0v) is 4.79. The van der Waals surface area contributed by atoms with E-state index < -0.39 is 12.1 Å². The molecule has 0 saturated heterocycles. The van der Waals surface area contributed by atoms with Crippen molar-refractivity contribution in [2.24, 2.45) is 0 Å². The molecule has 0 aliphatic heterocycles. The van der Waals surface area contributed by atoms with Gasteiger partial charge in [-0.1, -0.05) is 6.92 Å². The van der Waals surface area contributed by atoms with Gasteiger partial charge in [0, 0.05) is 6.42 Å². The predicted octanol–water partition coefficient (Wildman–Crippen LogP) is -0.334. The summed E-state index contributed by atoms with van der Waals surface area (Å²) in [6, 6.07) is 0. The summed E-state index contributed by atoms with van der Waals surface area (Å²) in [6.07, 6.45) is -0.858. The van der Waals surface area contributed by atoms with Crippen LogP contribution in [0.15, 0.2) is 0 Å². The molecule has 0 aromatic carbocycles. The van der Waals surface area contributed by atoms with E-state index >= 15 is 0 Å². The summed E-state index contributed by atoms with van der Waals surface area (Å²) in [5, 5.41) is 16.3. The predicted molar refractivity (Wildman–Crippen MR) is 28.1 cm³/mol. The minimum Gasteiger partial charge on any atom is -0.362 e. The van der Waals surface area contributed by atoms with Gasteiger partial charge >= 0.3 is 0 Å². The van der Waals surface area contributed by atoms with Crippen LogP contribution in [0, 0.1) is 0 Å². The third-order valence-corrected chi connectivity index (χ3v) is 0.784. The Morgan fingerprint density at radius 1 is 1.62 bits per heavy atom. The average Bonchev–Trinajstić information content (AvgIpc) is 1.67. The average molecular weight is 118 g/mol. The Labute approximate surface area is 47.9 Å². The molecule has 0 spiro atoms. The van der Waals surface area contributed by atoms with Crippen LogP contribution in [-0.2, 0) is 4.79 Å². The lowest BCUT2D eigenvalue weighted by atomic mass is 10.2. The molecule has 8 heavy (non-hydrogen) atoms. The van der Waals surface area contributed by atoms with E-state index in [1.54, 1.807) is 6.92 Å². The fourth-order valence-electron chi connectivity index (χ4n) is 0.375. The second-order valence-corrected chi connectivity index (χ2v) is 1.59. The highest BCUT2D eigenvalue weighted by Gasteiger charge is 2.07. The monoisotopic (exact) mass is 118 g/mol. The lowest BCUT2D eigenvalue weighted by molar-refractivity contribution is -0.144. The minimum absolute atomic E-state index is 0.248. The van der Waals surface area contributed by atoms with Crippen molar-refractivity contribution in [3.8, 4) is 0 Å². The summed E-state index contributed by atoms with van der Waals surface area (Å²) in [6.45, 7) is 1.81. The van der Waals surface area contributed by atoms with Crippen molar-refractivity contribution in [3.05, 3.63) is 0 Å². The Morgan fingerprint density at radius 2 is 2.12 bits per heavy atom. The molecule has 0 radical (unpaired) electrons. The number of Topliss-reactive ketones (excluding diaryl/α,β-unsaturated/α-hetero) is 1. The first kappa shape index (κ1) is 7.59. The van der Waals surface area contributed by atoms with E-state index in [2.05, 4.69) is 0 Å². The highest BCUT2D eigenvalue weighted by molar-refractivity contribution is 5.81. The number of carbonyl (C=O) groups excluding carboxylic acids is 1. The fourth-order valence-corrected chi connectivity index (χ4v) is 0.375. The van der Waals surface area contributed by atoms with Gasteiger partial charge in [0.05, 0.1) is 0 Å². The topological polar surface area (TPSA) is 57.5 Å². The molecule has 0 aromatic heterocycles. The molecule has 2 N–H and O–H groups in total.